The summed E-state index contributed by atoms with van der Waals surface area (Å²) >= 11 is 0. The van der Waals surface area contributed by atoms with Gasteiger partial charge < -0.3 is 20.8 Å². The molecule has 0 spiro atoms. The molecule has 0 saturated carbocycles. The highest BCUT2D eigenvalue weighted by Crippen LogP contribution is 2.25. The molecule has 5 nitrogen and oxygen atoms in total. The van der Waals surface area contributed by atoms with Gasteiger partial charge in [0.25, 0.3) is 0 Å². The molecule has 0 aromatic heterocycles. The van der Waals surface area contributed by atoms with E-state index in [0.29, 0.717) is 11.8 Å². The van der Waals surface area contributed by atoms with Crippen LogP contribution in [-0.4, -0.2) is 47.5 Å². The van der Waals surface area contributed by atoms with E-state index in [1.807, 2.05) is 0 Å². The van der Waals surface area contributed by atoms with Gasteiger partial charge in [0.2, 0.25) is 5.91 Å². The molecule has 20 heavy (non-hydrogen) atoms. The Bertz CT molecular complexity index is 297. The zero-order chi connectivity index (χ0) is 15.1. The molecule has 2 unspecified atom stereocenters. The van der Waals surface area contributed by atoms with Crippen molar-refractivity contribution in [1.29, 1.82) is 0 Å². The Balaban J connectivity index is 2.47. The average Bonchev–Trinajstić information content (AvgIpc) is 2.44. The first kappa shape index (κ1) is 17.4. The first-order valence-corrected chi connectivity index (χ1v) is 7.80. The molecule has 1 heterocycles. The number of amides is 1. The van der Waals surface area contributed by atoms with Crippen LogP contribution in [0.1, 0.15) is 46.5 Å². The third kappa shape index (κ3) is 5.38. The number of hydrogen-bond donors (Lipinski definition) is 4. The first-order valence-electron chi connectivity index (χ1n) is 7.80. The fourth-order valence-corrected chi connectivity index (χ4v) is 2.75. The van der Waals surface area contributed by atoms with Crippen molar-refractivity contribution in [2.24, 2.45) is 11.8 Å². The van der Waals surface area contributed by atoms with Gasteiger partial charge in [0.05, 0.1) is 24.8 Å². The number of aliphatic hydroxyl groups is 2. The lowest BCUT2D eigenvalue weighted by Crippen LogP contribution is -2.54. The van der Waals surface area contributed by atoms with Gasteiger partial charge >= 0.3 is 0 Å². The maximum Gasteiger partial charge on any atom is 0.237 e. The minimum Gasteiger partial charge on any atom is -0.394 e. The van der Waals surface area contributed by atoms with Crippen LogP contribution < -0.4 is 10.6 Å². The van der Waals surface area contributed by atoms with E-state index in [9.17, 15) is 9.90 Å². The Morgan fingerprint density at radius 1 is 1.45 bits per heavy atom. The lowest BCUT2D eigenvalue weighted by molar-refractivity contribution is -0.126. The van der Waals surface area contributed by atoms with E-state index in [1.54, 1.807) is 6.92 Å². The summed E-state index contributed by atoms with van der Waals surface area (Å²) in [5, 5.41) is 24.6. The third-order valence-electron chi connectivity index (χ3n) is 4.37. The minimum atomic E-state index is -0.747. The topological polar surface area (TPSA) is 81.6 Å². The second-order valence-electron chi connectivity index (χ2n) is 6.18. The van der Waals surface area contributed by atoms with Crippen LogP contribution in [0, 0.1) is 11.8 Å². The number of hydrogen-bond acceptors (Lipinski definition) is 4. The van der Waals surface area contributed by atoms with E-state index in [2.05, 4.69) is 24.5 Å². The number of piperidine rings is 1. The maximum atomic E-state index is 12.2. The molecule has 1 saturated heterocycles. The first-order chi connectivity index (χ1) is 9.47. The molecule has 5 atom stereocenters. The van der Waals surface area contributed by atoms with Crippen LogP contribution in [-0.2, 0) is 4.79 Å². The monoisotopic (exact) mass is 286 g/mol. The second-order valence-corrected chi connectivity index (χ2v) is 6.18. The Labute approximate surface area is 122 Å². The molecule has 0 aromatic rings. The molecule has 1 amide bonds. The van der Waals surface area contributed by atoms with Gasteiger partial charge in [0, 0.05) is 0 Å². The summed E-state index contributed by atoms with van der Waals surface area (Å²) in [6.45, 7) is 6.64. The van der Waals surface area contributed by atoms with Crippen LogP contribution in [0.15, 0.2) is 0 Å². The SMILES string of the molecule is CC[C@H](C)CC1CCNC(C(=O)N[C@H](CO)[C@@H](C)O)C1. The van der Waals surface area contributed by atoms with Crippen LogP contribution in [0.4, 0.5) is 0 Å². The minimum absolute atomic E-state index is 0.112. The van der Waals surface area contributed by atoms with Gasteiger partial charge in [-0.3, -0.25) is 4.79 Å². The number of carbonyl (C=O) groups excluding carboxylic acids is 1. The zero-order valence-electron chi connectivity index (χ0n) is 12.9. The van der Waals surface area contributed by atoms with E-state index in [0.717, 1.165) is 19.4 Å². The molecule has 4 N–H and O–H groups in total. The standard InChI is InChI=1S/C15H30N2O3/c1-4-10(2)7-12-5-6-16-13(8-12)15(20)17-14(9-18)11(3)19/h10-14,16,18-19H,4-9H2,1-3H3,(H,17,20)/t10-,11+,12?,13?,14+/m0/s1. The van der Waals surface area contributed by atoms with Gasteiger partial charge in [-0.2, -0.15) is 0 Å². The zero-order valence-corrected chi connectivity index (χ0v) is 12.9. The Morgan fingerprint density at radius 2 is 2.15 bits per heavy atom. The van der Waals surface area contributed by atoms with Crippen LogP contribution in [0.3, 0.4) is 0 Å². The van der Waals surface area contributed by atoms with E-state index in [-0.39, 0.29) is 18.6 Å². The van der Waals surface area contributed by atoms with E-state index in [1.165, 1.54) is 12.8 Å². The predicted octanol–water partition coefficient (Wildman–Crippen LogP) is 0.649. The average molecular weight is 286 g/mol. The Hall–Kier alpha value is -0.650. The van der Waals surface area contributed by atoms with Gasteiger partial charge in [-0.25, -0.2) is 0 Å². The summed E-state index contributed by atoms with van der Waals surface area (Å²) < 4.78 is 0. The summed E-state index contributed by atoms with van der Waals surface area (Å²) in [4.78, 5) is 12.2. The molecule has 1 rings (SSSR count). The van der Waals surface area contributed by atoms with Crippen LogP contribution in [0.2, 0.25) is 0 Å². The molecule has 1 aliphatic rings. The highest BCUT2D eigenvalue weighted by molar-refractivity contribution is 5.82. The van der Waals surface area contributed by atoms with Crippen molar-refractivity contribution in [2.45, 2.75) is 64.6 Å². The van der Waals surface area contributed by atoms with E-state index < -0.39 is 12.1 Å². The summed E-state index contributed by atoms with van der Waals surface area (Å²) in [6.07, 6.45) is 3.56. The van der Waals surface area contributed by atoms with Crippen molar-refractivity contribution in [3.63, 3.8) is 0 Å². The number of rotatable bonds is 7. The maximum absolute atomic E-state index is 12.2. The number of nitrogens with one attached hydrogen (secondary N) is 2. The third-order valence-corrected chi connectivity index (χ3v) is 4.37. The molecule has 5 heteroatoms. The van der Waals surface area contributed by atoms with Crippen LogP contribution in [0.25, 0.3) is 0 Å². The fraction of sp³-hybridized carbons (Fsp3) is 0.933. The Kier molecular flexibility index (Phi) is 7.48. The summed E-state index contributed by atoms with van der Waals surface area (Å²) in [7, 11) is 0. The highest BCUT2D eigenvalue weighted by Gasteiger charge is 2.29. The molecular weight excluding hydrogens is 256 g/mol. The van der Waals surface area contributed by atoms with Gasteiger partial charge in [-0.1, -0.05) is 20.3 Å². The molecular formula is C15H30N2O3. The quantitative estimate of drug-likeness (QED) is 0.554. The van der Waals surface area contributed by atoms with Crippen LogP contribution >= 0.6 is 0 Å². The fourth-order valence-electron chi connectivity index (χ4n) is 2.75. The van der Waals surface area contributed by atoms with Crippen LogP contribution in [0.5, 0.6) is 0 Å². The second kappa shape index (κ2) is 8.60. The van der Waals surface area contributed by atoms with Crippen molar-refractivity contribution in [3.05, 3.63) is 0 Å². The lowest BCUT2D eigenvalue weighted by Gasteiger charge is -2.32. The van der Waals surface area contributed by atoms with Crippen molar-refractivity contribution in [3.8, 4) is 0 Å². The molecule has 1 aliphatic heterocycles. The van der Waals surface area contributed by atoms with Crippen molar-refractivity contribution in [1.82, 2.24) is 10.6 Å². The van der Waals surface area contributed by atoms with E-state index >= 15 is 0 Å². The van der Waals surface area contributed by atoms with Gasteiger partial charge in [-0.05, 0) is 44.6 Å². The largest absolute Gasteiger partial charge is 0.394 e. The van der Waals surface area contributed by atoms with Crippen molar-refractivity contribution < 1.29 is 15.0 Å². The normalized spacial score (nSPS) is 27.6. The molecule has 0 aromatic carbocycles. The van der Waals surface area contributed by atoms with Crippen molar-refractivity contribution in [2.75, 3.05) is 13.2 Å². The summed E-state index contributed by atoms with van der Waals surface area (Å²) in [5.74, 6) is 1.17. The predicted molar refractivity (Wildman–Crippen MR) is 79.3 cm³/mol. The Morgan fingerprint density at radius 3 is 2.70 bits per heavy atom. The van der Waals surface area contributed by atoms with Gasteiger partial charge in [-0.15, -0.1) is 0 Å². The highest BCUT2D eigenvalue weighted by atomic mass is 16.3. The molecule has 0 aliphatic carbocycles. The smallest absolute Gasteiger partial charge is 0.237 e. The van der Waals surface area contributed by atoms with E-state index in [4.69, 9.17) is 5.11 Å². The number of aliphatic hydroxyl groups excluding tert-OH is 2. The summed E-state index contributed by atoms with van der Waals surface area (Å²) in [5.41, 5.74) is 0. The van der Waals surface area contributed by atoms with Gasteiger partial charge in [0.1, 0.15) is 0 Å². The lowest BCUT2D eigenvalue weighted by atomic mass is 9.84. The molecule has 118 valence electrons. The summed E-state index contributed by atoms with van der Waals surface area (Å²) in [6, 6.07) is -0.787. The van der Waals surface area contributed by atoms with Crippen molar-refractivity contribution >= 4 is 5.91 Å². The van der Waals surface area contributed by atoms with Gasteiger partial charge in [0.15, 0.2) is 0 Å². The number of carbonyl (C=O) groups is 1. The molecule has 1 fully saturated rings. The molecule has 0 radical (unpaired) electrons. The molecule has 0 bridgehead atoms.